The average Bonchev–Trinajstić information content (AvgIpc) is 2.91. The smallest absolute Gasteiger partial charge is 0.493 e. The highest BCUT2D eigenvalue weighted by atomic mass is 16.8. The van der Waals surface area contributed by atoms with Crippen molar-refractivity contribution in [2.24, 2.45) is 0 Å². The molecule has 0 aliphatic carbocycles. The number of carbonyl (C=O) groups excluding carboxylic acids is 2. The van der Waals surface area contributed by atoms with E-state index in [1.54, 1.807) is 15.8 Å². The Labute approximate surface area is 219 Å². The van der Waals surface area contributed by atoms with Gasteiger partial charge < -0.3 is 23.8 Å². The number of hydrogen-bond donors (Lipinski definition) is 0. The van der Waals surface area contributed by atoms with E-state index in [0.29, 0.717) is 13.0 Å². The molecule has 5 rings (SSSR count). The second-order valence-electron chi connectivity index (χ2n) is 9.22. The van der Waals surface area contributed by atoms with E-state index in [4.69, 9.17) is 14.2 Å². The molecule has 2 aromatic carbocycles. The molecule has 2 aliphatic heterocycles. The van der Waals surface area contributed by atoms with Gasteiger partial charge in [0.25, 0.3) is 5.91 Å². The normalized spacial score (nSPS) is 18.4. The maximum Gasteiger partial charge on any atom is 0.510 e. The summed E-state index contributed by atoms with van der Waals surface area (Å²) in [5, 5.41) is 2.10. The molecule has 1 amide bonds. The third kappa shape index (κ3) is 4.42. The van der Waals surface area contributed by atoms with E-state index in [1.807, 2.05) is 68.4 Å². The van der Waals surface area contributed by atoms with Crippen molar-refractivity contribution in [3.63, 3.8) is 0 Å². The number of nitrogens with zero attached hydrogens (tertiary/aromatic N) is 3. The number of benzene rings is 2. The molecule has 0 saturated carbocycles. The van der Waals surface area contributed by atoms with Crippen LogP contribution >= 0.6 is 0 Å². The molecule has 0 fully saturated rings. The van der Waals surface area contributed by atoms with E-state index >= 15 is 0 Å². The van der Waals surface area contributed by atoms with Gasteiger partial charge in [-0.15, -0.1) is 0 Å². The van der Waals surface area contributed by atoms with Crippen LogP contribution in [-0.2, 0) is 9.47 Å². The van der Waals surface area contributed by atoms with Gasteiger partial charge in [0.15, 0.2) is 5.69 Å². The summed E-state index contributed by atoms with van der Waals surface area (Å²) in [6.45, 7) is 3.66. The van der Waals surface area contributed by atoms with Crippen LogP contribution in [0.5, 0.6) is 11.5 Å². The molecule has 0 radical (unpaired) electrons. The Kier molecular flexibility index (Phi) is 6.95. The first-order valence-corrected chi connectivity index (χ1v) is 12.4. The molecule has 0 spiro atoms. The van der Waals surface area contributed by atoms with Gasteiger partial charge in [-0.05, 0) is 25.5 Å². The van der Waals surface area contributed by atoms with Crippen LogP contribution in [0.2, 0.25) is 0 Å². The van der Waals surface area contributed by atoms with Crippen LogP contribution in [0, 0.1) is 0 Å². The predicted octanol–water partition coefficient (Wildman–Crippen LogP) is 3.67. The molecule has 3 heterocycles. The van der Waals surface area contributed by atoms with Crippen molar-refractivity contribution in [1.29, 1.82) is 0 Å². The Morgan fingerprint density at radius 2 is 1.79 bits per heavy atom. The van der Waals surface area contributed by atoms with Crippen LogP contribution < -0.4 is 19.9 Å². The number of carbonyl (C=O) groups is 2. The SMILES string of the molecule is COC(=O)OCOc1c2n(ccc1=O)N1C(CCOc3ccccc3[C@H]1c1ccccc1)N(C(C)C)C2=O. The zero-order valence-corrected chi connectivity index (χ0v) is 21.4. The lowest BCUT2D eigenvalue weighted by molar-refractivity contribution is 0.0123. The highest BCUT2D eigenvalue weighted by Gasteiger charge is 2.45. The van der Waals surface area contributed by atoms with E-state index in [-0.39, 0.29) is 29.4 Å². The van der Waals surface area contributed by atoms with Crippen molar-refractivity contribution in [2.75, 3.05) is 25.5 Å². The Bertz CT molecular complexity index is 1390. The fourth-order valence-corrected chi connectivity index (χ4v) is 5.13. The number of ether oxygens (including phenoxy) is 4. The molecule has 1 aromatic heterocycles. The maximum absolute atomic E-state index is 14.0. The maximum atomic E-state index is 14.0. The topological polar surface area (TPSA) is 99.5 Å². The summed E-state index contributed by atoms with van der Waals surface area (Å²) in [6, 6.07) is 18.5. The summed E-state index contributed by atoms with van der Waals surface area (Å²) in [5.74, 6) is 0.176. The van der Waals surface area contributed by atoms with Crippen LogP contribution in [0.4, 0.5) is 4.79 Å². The lowest BCUT2D eigenvalue weighted by atomic mass is 9.95. The molecule has 0 N–H and O–H groups in total. The lowest BCUT2D eigenvalue weighted by Crippen LogP contribution is -2.64. The Balaban J connectivity index is 1.74. The molecule has 2 atom stereocenters. The van der Waals surface area contributed by atoms with Gasteiger partial charge in [-0.3, -0.25) is 19.3 Å². The van der Waals surface area contributed by atoms with Gasteiger partial charge >= 0.3 is 6.16 Å². The number of aromatic nitrogens is 1. The van der Waals surface area contributed by atoms with Gasteiger partial charge in [-0.25, -0.2) is 4.79 Å². The van der Waals surface area contributed by atoms with Crippen molar-refractivity contribution in [1.82, 2.24) is 9.58 Å². The minimum absolute atomic E-state index is 0.0517. The summed E-state index contributed by atoms with van der Waals surface area (Å²) in [6.07, 6.45) is 0.759. The predicted molar refractivity (Wildman–Crippen MR) is 138 cm³/mol. The zero-order valence-electron chi connectivity index (χ0n) is 21.4. The van der Waals surface area contributed by atoms with Crippen molar-refractivity contribution in [3.05, 3.63) is 93.9 Å². The molecule has 0 bridgehead atoms. The first kappa shape index (κ1) is 25.2. The summed E-state index contributed by atoms with van der Waals surface area (Å²) >= 11 is 0. The van der Waals surface area contributed by atoms with Gasteiger partial charge in [0.1, 0.15) is 18.0 Å². The molecule has 10 nitrogen and oxygen atoms in total. The highest BCUT2D eigenvalue weighted by Crippen LogP contribution is 2.41. The number of rotatable bonds is 5. The Morgan fingerprint density at radius 3 is 2.53 bits per heavy atom. The molecule has 38 heavy (non-hydrogen) atoms. The van der Waals surface area contributed by atoms with E-state index in [2.05, 4.69) is 9.75 Å². The number of amides is 1. The molecule has 10 heteroatoms. The van der Waals surface area contributed by atoms with Crippen molar-refractivity contribution < 1.29 is 28.5 Å². The van der Waals surface area contributed by atoms with E-state index in [0.717, 1.165) is 16.9 Å². The monoisotopic (exact) mass is 519 g/mol. The molecule has 0 saturated heterocycles. The van der Waals surface area contributed by atoms with Gasteiger partial charge in [0, 0.05) is 30.3 Å². The first-order chi connectivity index (χ1) is 18.4. The largest absolute Gasteiger partial charge is 0.510 e. The fraction of sp³-hybridized carbons (Fsp3) is 0.321. The third-order valence-corrected chi connectivity index (χ3v) is 6.68. The summed E-state index contributed by atoms with van der Waals surface area (Å²) in [4.78, 5) is 40.2. The highest BCUT2D eigenvalue weighted by molar-refractivity contribution is 5.97. The van der Waals surface area contributed by atoms with Gasteiger partial charge in [0.2, 0.25) is 18.0 Å². The van der Waals surface area contributed by atoms with Gasteiger partial charge in [-0.1, -0.05) is 48.5 Å². The van der Waals surface area contributed by atoms with E-state index < -0.39 is 24.5 Å². The van der Waals surface area contributed by atoms with Crippen molar-refractivity contribution in [3.8, 4) is 11.5 Å². The number of methoxy groups -OCH3 is 1. The quantitative estimate of drug-likeness (QED) is 0.372. The van der Waals surface area contributed by atoms with Crippen molar-refractivity contribution >= 4 is 12.1 Å². The fourth-order valence-electron chi connectivity index (χ4n) is 5.13. The zero-order chi connectivity index (χ0) is 26.8. The van der Waals surface area contributed by atoms with Gasteiger partial charge in [-0.2, -0.15) is 0 Å². The summed E-state index contributed by atoms with van der Waals surface area (Å²) < 4.78 is 22.8. The number of pyridine rings is 1. The van der Waals surface area contributed by atoms with Crippen LogP contribution in [0.15, 0.2) is 71.7 Å². The summed E-state index contributed by atoms with van der Waals surface area (Å²) in [5.41, 5.74) is 1.44. The van der Waals surface area contributed by atoms with Crippen LogP contribution in [0.3, 0.4) is 0 Å². The average molecular weight is 520 g/mol. The minimum atomic E-state index is -0.963. The second-order valence-corrected chi connectivity index (χ2v) is 9.22. The minimum Gasteiger partial charge on any atom is -0.493 e. The van der Waals surface area contributed by atoms with E-state index in [1.165, 1.54) is 13.2 Å². The molecule has 1 unspecified atom stereocenters. The third-order valence-electron chi connectivity index (χ3n) is 6.68. The second kappa shape index (κ2) is 10.5. The number of fused-ring (bicyclic) bond motifs is 4. The van der Waals surface area contributed by atoms with Gasteiger partial charge in [0.05, 0.1) is 13.7 Å². The number of hydrogen-bond acceptors (Lipinski definition) is 8. The standard InChI is InChI=1S/C28H29N3O7/c1-18(2)30-23-14-16-36-22-12-8-7-11-20(22)24(19-9-5-4-6-10-19)31(23)29-15-13-21(32)26(25(29)27(30)33)37-17-38-28(34)35-3/h4-13,15,18,23-24H,14,16-17H2,1-3H3/t23?,24-/m1/s1. The summed E-state index contributed by atoms with van der Waals surface area (Å²) in [7, 11) is 1.17. The van der Waals surface area contributed by atoms with Crippen LogP contribution in [0.1, 0.15) is 47.9 Å². The van der Waals surface area contributed by atoms with Crippen LogP contribution in [0.25, 0.3) is 0 Å². The number of para-hydroxylation sites is 1. The Morgan fingerprint density at radius 1 is 1.05 bits per heavy atom. The molecule has 3 aromatic rings. The molecule has 198 valence electrons. The van der Waals surface area contributed by atoms with Crippen molar-refractivity contribution in [2.45, 2.75) is 38.5 Å². The van der Waals surface area contributed by atoms with Crippen LogP contribution in [-0.4, -0.2) is 54.4 Å². The lowest BCUT2D eigenvalue weighted by Gasteiger charge is -2.52. The molecular weight excluding hydrogens is 490 g/mol. The Hall–Kier alpha value is -4.47. The van der Waals surface area contributed by atoms with E-state index in [9.17, 15) is 14.4 Å². The molecule has 2 aliphatic rings. The molecular formula is C28H29N3O7. The first-order valence-electron chi connectivity index (χ1n) is 12.4.